The molecule has 1 atom stereocenters. The molecule has 1 fully saturated rings. The van der Waals surface area contributed by atoms with Crippen molar-refractivity contribution in [1.29, 1.82) is 0 Å². The average Bonchev–Trinajstić information content (AvgIpc) is 3.07. The summed E-state index contributed by atoms with van der Waals surface area (Å²) in [7, 11) is 0. The zero-order valence-electron chi connectivity index (χ0n) is 16.3. The van der Waals surface area contributed by atoms with Gasteiger partial charge in [-0.15, -0.1) is 0 Å². The summed E-state index contributed by atoms with van der Waals surface area (Å²) in [5.74, 6) is -0.660. The number of halogens is 1. The van der Waals surface area contributed by atoms with Crippen molar-refractivity contribution < 1.29 is 18.7 Å². The molecule has 3 rings (SSSR count). The zero-order chi connectivity index (χ0) is 21.7. The molecule has 0 spiro atoms. The fraction of sp³-hybridized carbons (Fsp3) is 0.250. The van der Waals surface area contributed by atoms with Crippen LogP contribution in [0.25, 0.3) is 11.1 Å². The number of nitrogens with two attached hydrogens (primary N) is 1. The van der Waals surface area contributed by atoms with E-state index in [1.54, 1.807) is 12.1 Å². The summed E-state index contributed by atoms with van der Waals surface area (Å²) >= 11 is 4.71. The van der Waals surface area contributed by atoms with Gasteiger partial charge in [0.05, 0.1) is 18.8 Å². The molecule has 1 heterocycles. The number of amides is 2. The molecule has 30 heavy (non-hydrogen) atoms. The molecule has 0 aromatic heterocycles. The molecular formula is C20H22FN5O3S. The number of nitrogens with one attached hydrogen (secondary N) is 3. The van der Waals surface area contributed by atoms with E-state index in [4.69, 9.17) is 22.7 Å². The average molecular weight is 431 g/mol. The standard InChI is InChI=1S/C20H22FN5O3S/c1-12(27)23-10-16-11-26(20(28)29-16)15-6-7-17(18(21)8-15)14-4-2-13(3-5-14)9-24-25-19(22)30/h2-8,16,24H,9-11H2,1H3,(H,23,27)(H3,22,25,30)/t16-/m0/s1. The van der Waals surface area contributed by atoms with Crippen LogP contribution in [0, 0.1) is 5.82 Å². The number of thiocarbonyl (C=S) groups is 1. The van der Waals surface area contributed by atoms with Gasteiger partial charge in [0.25, 0.3) is 0 Å². The Balaban J connectivity index is 1.67. The van der Waals surface area contributed by atoms with E-state index in [0.29, 0.717) is 23.4 Å². The molecule has 1 aliphatic heterocycles. The van der Waals surface area contributed by atoms with Crippen LogP contribution in [0.15, 0.2) is 42.5 Å². The van der Waals surface area contributed by atoms with Crippen molar-refractivity contribution in [3.05, 3.63) is 53.8 Å². The zero-order valence-corrected chi connectivity index (χ0v) is 17.1. The van der Waals surface area contributed by atoms with E-state index in [1.165, 1.54) is 17.9 Å². The van der Waals surface area contributed by atoms with Crippen molar-refractivity contribution in [2.75, 3.05) is 18.0 Å². The summed E-state index contributed by atoms with van der Waals surface area (Å²) in [5.41, 5.74) is 13.3. The molecule has 0 unspecified atom stereocenters. The van der Waals surface area contributed by atoms with Gasteiger partial charge in [0.1, 0.15) is 11.9 Å². The lowest BCUT2D eigenvalue weighted by Crippen LogP contribution is -2.40. The van der Waals surface area contributed by atoms with Crippen LogP contribution in [-0.2, 0) is 16.1 Å². The fourth-order valence-electron chi connectivity index (χ4n) is 3.04. The lowest BCUT2D eigenvalue weighted by atomic mass is 10.0. The molecule has 0 saturated carbocycles. The van der Waals surface area contributed by atoms with Gasteiger partial charge in [0.2, 0.25) is 5.91 Å². The number of cyclic esters (lactones) is 1. The van der Waals surface area contributed by atoms with Gasteiger partial charge in [0.15, 0.2) is 5.11 Å². The molecule has 2 amide bonds. The molecular weight excluding hydrogens is 409 g/mol. The van der Waals surface area contributed by atoms with Crippen molar-refractivity contribution in [3.63, 3.8) is 0 Å². The molecule has 10 heteroatoms. The van der Waals surface area contributed by atoms with E-state index in [1.807, 2.05) is 24.3 Å². The molecule has 1 aliphatic rings. The number of nitrogens with zero attached hydrogens (tertiary/aromatic N) is 1. The Morgan fingerprint density at radius 3 is 2.67 bits per heavy atom. The van der Waals surface area contributed by atoms with E-state index in [-0.39, 0.29) is 24.1 Å². The Morgan fingerprint density at radius 2 is 2.03 bits per heavy atom. The van der Waals surface area contributed by atoms with E-state index in [9.17, 15) is 14.0 Å². The van der Waals surface area contributed by atoms with Crippen LogP contribution in [0.4, 0.5) is 14.9 Å². The SMILES string of the molecule is CC(=O)NC[C@H]1CN(c2ccc(-c3ccc(CNNC(N)=S)cc3)c(F)c2)C(=O)O1. The molecule has 2 aromatic carbocycles. The smallest absolute Gasteiger partial charge is 0.414 e. The second-order valence-electron chi connectivity index (χ2n) is 6.76. The first-order chi connectivity index (χ1) is 14.3. The lowest BCUT2D eigenvalue weighted by molar-refractivity contribution is -0.119. The largest absolute Gasteiger partial charge is 0.442 e. The minimum absolute atomic E-state index is 0.150. The van der Waals surface area contributed by atoms with Crippen LogP contribution >= 0.6 is 12.2 Å². The molecule has 2 aromatic rings. The van der Waals surface area contributed by atoms with Crippen LogP contribution in [0.1, 0.15) is 12.5 Å². The Bertz CT molecular complexity index is 954. The first-order valence-electron chi connectivity index (χ1n) is 9.23. The van der Waals surface area contributed by atoms with Crippen molar-refractivity contribution in [2.24, 2.45) is 5.73 Å². The van der Waals surface area contributed by atoms with Gasteiger partial charge in [-0.1, -0.05) is 24.3 Å². The monoisotopic (exact) mass is 431 g/mol. The van der Waals surface area contributed by atoms with Crippen LogP contribution in [0.5, 0.6) is 0 Å². The normalized spacial score (nSPS) is 15.6. The Hall–Kier alpha value is -3.24. The first-order valence-corrected chi connectivity index (χ1v) is 9.64. The van der Waals surface area contributed by atoms with Crippen molar-refractivity contribution in [3.8, 4) is 11.1 Å². The van der Waals surface area contributed by atoms with Crippen LogP contribution < -0.4 is 26.8 Å². The Morgan fingerprint density at radius 1 is 1.30 bits per heavy atom. The topological polar surface area (TPSA) is 109 Å². The van der Waals surface area contributed by atoms with Gasteiger partial charge in [-0.2, -0.15) is 0 Å². The molecule has 0 radical (unpaired) electrons. The first kappa shape index (κ1) is 21.5. The van der Waals surface area contributed by atoms with E-state index >= 15 is 0 Å². The van der Waals surface area contributed by atoms with Crippen molar-refractivity contribution in [2.45, 2.75) is 19.6 Å². The van der Waals surface area contributed by atoms with Gasteiger partial charge in [-0.05, 0) is 41.5 Å². The summed E-state index contributed by atoms with van der Waals surface area (Å²) < 4.78 is 20.0. The third-order valence-corrected chi connectivity index (χ3v) is 4.59. The minimum Gasteiger partial charge on any atom is -0.442 e. The fourth-order valence-corrected chi connectivity index (χ4v) is 3.11. The molecule has 158 valence electrons. The maximum atomic E-state index is 14.8. The third-order valence-electron chi connectivity index (χ3n) is 4.49. The predicted octanol–water partition coefficient (Wildman–Crippen LogP) is 1.79. The number of carbonyl (C=O) groups excluding carboxylic acids is 2. The van der Waals surface area contributed by atoms with Gasteiger partial charge < -0.3 is 15.8 Å². The van der Waals surface area contributed by atoms with Gasteiger partial charge in [-0.3, -0.25) is 15.1 Å². The number of carbonyl (C=O) groups is 2. The summed E-state index contributed by atoms with van der Waals surface area (Å²) in [4.78, 5) is 24.5. The number of benzene rings is 2. The molecule has 0 bridgehead atoms. The van der Waals surface area contributed by atoms with Gasteiger partial charge in [-0.25, -0.2) is 14.6 Å². The highest BCUT2D eigenvalue weighted by Crippen LogP contribution is 2.29. The summed E-state index contributed by atoms with van der Waals surface area (Å²) in [6.45, 7) is 2.33. The van der Waals surface area contributed by atoms with E-state index in [0.717, 1.165) is 5.56 Å². The van der Waals surface area contributed by atoms with Crippen molar-refractivity contribution in [1.82, 2.24) is 16.2 Å². The number of rotatable bonds is 7. The van der Waals surface area contributed by atoms with Crippen molar-refractivity contribution >= 4 is 35.0 Å². The minimum atomic E-state index is -0.570. The quantitative estimate of drug-likeness (QED) is 0.391. The van der Waals surface area contributed by atoms with Gasteiger partial charge >= 0.3 is 6.09 Å². The predicted molar refractivity (Wildman–Crippen MR) is 115 cm³/mol. The molecule has 8 nitrogen and oxygen atoms in total. The maximum absolute atomic E-state index is 14.8. The Labute approximate surface area is 178 Å². The van der Waals surface area contributed by atoms with Gasteiger partial charge in [0, 0.05) is 19.0 Å². The summed E-state index contributed by atoms with van der Waals surface area (Å²) in [6.07, 6.45) is -1.05. The molecule has 0 aliphatic carbocycles. The highest BCUT2D eigenvalue weighted by atomic mass is 32.1. The lowest BCUT2D eigenvalue weighted by Gasteiger charge is -2.15. The highest BCUT2D eigenvalue weighted by Gasteiger charge is 2.32. The number of hydrogen-bond donors (Lipinski definition) is 4. The number of hydrogen-bond acceptors (Lipinski definition) is 5. The van der Waals surface area contributed by atoms with E-state index < -0.39 is 18.0 Å². The highest BCUT2D eigenvalue weighted by molar-refractivity contribution is 7.80. The molecule has 1 saturated heterocycles. The van der Waals surface area contributed by atoms with Crippen LogP contribution in [0.2, 0.25) is 0 Å². The summed E-state index contributed by atoms with van der Waals surface area (Å²) in [6, 6.07) is 11.9. The second-order valence-corrected chi connectivity index (χ2v) is 7.20. The second kappa shape index (κ2) is 9.51. The van der Waals surface area contributed by atoms with Crippen LogP contribution in [-0.4, -0.2) is 36.3 Å². The number of anilines is 1. The maximum Gasteiger partial charge on any atom is 0.414 e. The number of hydrazine groups is 1. The van der Waals surface area contributed by atoms with Crippen LogP contribution in [0.3, 0.4) is 0 Å². The summed E-state index contributed by atoms with van der Waals surface area (Å²) in [5, 5.41) is 2.76. The third kappa shape index (κ3) is 5.43. The van der Waals surface area contributed by atoms with E-state index in [2.05, 4.69) is 16.2 Å². The number of ether oxygens (including phenoxy) is 1. The Kier molecular flexibility index (Phi) is 6.80. The molecule has 5 N–H and O–H groups in total.